The van der Waals surface area contributed by atoms with Crippen LogP contribution in [0.25, 0.3) is 0 Å². The molecular weight excluding hydrogens is 140 g/mol. The van der Waals surface area contributed by atoms with Crippen molar-refractivity contribution in [3.05, 3.63) is 0 Å². The van der Waals surface area contributed by atoms with E-state index < -0.39 is 12.5 Å². The first-order valence-electron chi connectivity index (χ1n) is 3.23. The van der Waals surface area contributed by atoms with Gasteiger partial charge in [0.2, 0.25) is 0 Å². The lowest BCUT2D eigenvalue weighted by molar-refractivity contribution is 0.114. The van der Waals surface area contributed by atoms with E-state index >= 15 is 0 Å². The van der Waals surface area contributed by atoms with E-state index in [-0.39, 0.29) is 12.6 Å². The van der Waals surface area contributed by atoms with E-state index in [0.717, 1.165) is 0 Å². The lowest BCUT2D eigenvalue weighted by Crippen LogP contribution is -2.38. The Morgan fingerprint density at radius 3 is 2.20 bits per heavy atom. The van der Waals surface area contributed by atoms with Crippen LogP contribution >= 0.6 is 0 Å². The van der Waals surface area contributed by atoms with Gasteiger partial charge in [0.1, 0.15) is 0 Å². The third-order valence-electron chi connectivity index (χ3n) is 1.32. The van der Waals surface area contributed by atoms with Gasteiger partial charge >= 0.3 is 0 Å². The van der Waals surface area contributed by atoms with Crippen molar-refractivity contribution in [2.24, 2.45) is 0 Å². The van der Waals surface area contributed by atoms with Gasteiger partial charge in [-0.15, -0.1) is 0 Å². The van der Waals surface area contributed by atoms with Crippen LogP contribution in [0.15, 0.2) is 0 Å². The van der Waals surface area contributed by atoms with Gasteiger partial charge in [-0.3, -0.25) is 0 Å². The van der Waals surface area contributed by atoms with Gasteiger partial charge < -0.3 is 10.4 Å². The lowest BCUT2D eigenvalue weighted by Gasteiger charge is -2.15. The normalized spacial score (nSPS) is 17.4. The van der Waals surface area contributed by atoms with E-state index in [1.807, 2.05) is 0 Å². The molecule has 0 heterocycles. The zero-order chi connectivity index (χ0) is 8.15. The summed E-state index contributed by atoms with van der Waals surface area (Å²) in [5, 5.41) is 11.3. The van der Waals surface area contributed by atoms with E-state index in [1.165, 1.54) is 0 Å². The minimum atomic E-state index is -2.35. The molecule has 0 aromatic carbocycles. The third-order valence-corrected chi connectivity index (χ3v) is 1.32. The largest absolute Gasteiger partial charge is 0.392 e. The van der Waals surface area contributed by atoms with Crippen molar-refractivity contribution in [2.75, 3.05) is 6.54 Å². The molecule has 0 aliphatic rings. The van der Waals surface area contributed by atoms with Gasteiger partial charge in [-0.25, -0.2) is 8.78 Å². The fraction of sp³-hybridized carbons (Fsp3) is 1.00. The van der Waals surface area contributed by atoms with Crippen LogP contribution in [0, 0.1) is 0 Å². The SMILES string of the molecule is CC(O)C(C)NCC(F)F. The van der Waals surface area contributed by atoms with Crippen molar-refractivity contribution in [1.82, 2.24) is 5.32 Å². The van der Waals surface area contributed by atoms with Gasteiger partial charge in [-0.2, -0.15) is 0 Å². The molecule has 0 aliphatic carbocycles. The van der Waals surface area contributed by atoms with Crippen LogP contribution in [0.5, 0.6) is 0 Å². The Morgan fingerprint density at radius 1 is 1.40 bits per heavy atom. The number of halogens is 2. The van der Waals surface area contributed by atoms with Crippen LogP contribution in [-0.2, 0) is 0 Å². The highest BCUT2D eigenvalue weighted by Gasteiger charge is 2.09. The first-order valence-corrected chi connectivity index (χ1v) is 3.23. The van der Waals surface area contributed by atoms with E-state index in [4.69, 9.17) is 5.11 Å². The molecule has 0 aliphatic heterocycles. The highest BCUT2D eigenvalue weighted by molar-refractivity contribution is 4.66. The average Bonchev–Trinajstić information content (AvgIpc) is 1.82. The predicted octanol–water partition coefficient (Wildman–Crippen LogP) is 0.610. The first kappa shape index (κ1) is 9.78. The molecule has 2 nitrogen and oxygen atoms in total. The summed E-state index contributed by atoms with van der Waals surface area (Å²) in [6.45, 7) is 2.86. The molecule has 2 atom stereocenters. The summed E-state index contributed by atoms with van der Waals surface area (Å²) >= 11 is 0. The van der Waals surface area contributed by atoms with Gasteiger partial charge in [-0.05, 0) is 13.8 Å². The highest BCUT2D eigenvalue weighted by atomic mass is 19.3. The Hall–Kier alpha value is -0.220. The summed E-state index contributed by atoms with van der Waals surface area (Å²) in [5.74, 6) is 0. The molecule has 0 bridgehead atoms. The summed E-state index contributed by atoms with van der Waals surface area (Å²) in [4.78, 5) is 0. The number of alkyl halides is 2. The molecule has 0 radical (unpaired) electrons. The Morgan fingerprint density at radius 2 is 1.90 bits per heavy atom. The highest BCUT2D eigenvalue weighted by Crippen LogP contribution is 1.93. The van der Waals surface area contributed by atoms with Crippen LogP contribution < -0.4 is 5.32 Å². The van der Waals surface area contributed by atoms with Gasteiger partial charge in [0.15, 0.2) is 0 Å². The number of rotatable bonds is 4. The van der Waals surface area contributed by atoms with Crippen molar-refractivity contribution in [3.63, 3.8) is 0 Å². The van der Waals surface area contributed by atoms with Crippen LogP contribution in [0.4, 0.5) is 8.78 Å². The number of nitrogens with one attached hydrogen (secondary N) is 1. The topological polar surface area (TPSA) is 32.3 Å². The van der Waals surface area contributed by atoms with Crippen LogP contribution in [-0.4, -0.2) is 30.2 Å². The van der Waals surface area contributed by atoms with Crippen molar-refractivity contribution in [3.8, 4) is 0 Å². The average molecular weight is 153 g/mol. The molecule has 0 saturated carbocycles. The van der Waals surface area contributed by atoms with Crippen molar-refractivity contribution >= 4 is 0 Å². The Labute approximate surface area is 59.2 Å². The third kappa shape index (κ3) is 4.64. The van der Waals surface area contributed by atoms with Crippen molar-refractivity contribution in [2.45, 2.75) is 32.4 Å². The quantitative estimate of drug-likeness (QED) is 0.620. The van der Waals surface area contributed by atoms with E-state index in [2.05, 4.69) is 5.32 Å². The number of aliphatic hydroxyl groups is 1. The van der Waals surface area contributed by atoms with Crippen molar-refractivity contribution in [1.29, 1.82) is 0 Å². The summed E-state index contributed by atoms with van der Waals surface area (Å²) in [6, 6.07) is -0.269. The molecule has 0 amide bonds. The molecule has 2 N–H and O–H groups in total. The van der Waals surface area contributed by atoms with Gasteiger partial charge in [0.25, 0.3) is 6.43 Å². The second-order valence-corrected chi connectivity index (χ2v) is 2.33. The predicted molar refractivity (Wildman–Crippen MR) is 35.1 cm³/mol. The Kier molecular flexibility index (Phi) is 4.47. The maximum absolute atomic E-state index is 11.5. The first-order chi connectivity index (χ1) is 4.54. The minimum absolute atomic E-state index is 0.269. The fourth-order valence-electron chi connectivity index (χ4n) is 0.446. The second kappa shape index (κ2) is 4.57. The zero-order valence-electron chi connectivity index (χ0n) is 6.14. The maximum atomic E-state index is 11.5. The second-order valence-electron chi connectivity index (χ2n) is 2.33. The van der Waals surface area contributed by atoms with Gasteiger partial charge in [0, 0.05) is 6.04 Å². The molecule has 0 aromatic heterocycles. The summed E-state index contributed by atoms with van der Waals surface area (Å²) in [7, 11) is 0. The molecule has 10 heavy (non-hydrogen) atoms. The monoisotopic (exact) mass is 153 g/mol. The standard InChI is InChI=1S/C6H13F2NO/c1-4(5(2)10)9-3-6(7)8/h4-6,9-10H,3H2,1-2H3. The number of hydrogen-bond donors (Lipinski definition) is 2. The van der Waals surface area contributed by atoms with Gasteiger partial charge in [0.05, 0.1) is 12.6 Å². The Bertz CT molecular complexity index is 87.8. The van der Waals surface area contributed by atoms with Crippen molar-refractivity contribution < 1.29 is 13.9 Å². The lowest BCUT2D eigenvalue weighted by atomic mass is 10.2. The molecule has 62 valence electrons. The van der Waals surface area contributed by atoms with E-state index in [1.54, 1.807) is 13.8 Å². The molecular formula is C6H13F2NO. The van der Waals surface area contributed by atoms with Crippen LogP contribution in [0.1, 0.15) is 13.8 Å². The summed E-state index contributed by atoms with van der Waals surface area (Å²) in [5.41, 5.74) is 0. The Balaban J connectivity index is 3.30. The smallest absolute Gasteiger partial charge is 0.250 e. The maximum Gasteiger partial charge on any atom is 0.250 e. The number of hydrogen-bond acceptors (Lipinski definition) is 2. The molecule has 0 aromatic rings. The molecule has 0 spiro atoms. The zero-order valence-corrected chi connectivity index (χ0v) is 6.14. The fourth-order valence-corrected chi connectivity index (χ4v) is 0.446. The van der Waals surface area contributed by atoms with E-state index in [0.29, 0.717) is 0 Å². The molecule has 0 fully saturated rings. The van der Waals surface area contributed by atoms with Crippen LogP contribution in [0.2, 0.25) is 0 Å². The minimum Gasteiger partial charge on any atom is -0.392 e. The molecule has 2 unspecified atom stereocenters. The van der Waals surface area contributed by atoms with E-state index in [9.17, 15) is 8.78 Å². The summed E-state index contributed by atoms with van der Waals surface area (Å²) in [6.07, 6.45) is -2.93. The summed E-state index contributed by atoms with van der Waals surface area (Å²) < 4.78 is 23.0. The molecule has 4 heteroatoms. The van der Waals surface area contributed by atoms with Crippen LogP contribution in [0.3, 0.4) is 0 Å². The van der Waals surface area contributed by atoms with Gasteiger partial charge in [-0.1, -0.05) is 0 Å². The number of aliphatic hydroxyl groups excluding tert-OH is 1. The molecule has 0 rings (SSSR count). The molecule has 0 saturated heterocycles.